The molecule has 3 aromatic carbocycles. The second-order valence-corrected chi connectivity index (χ2v) is 8.75. The molecule has 4 rings (SSSR count). The fourth-order valence-electron chi connectivity index (χ4n) is 4.47. The zero-order valence-electron chi connectivity index (χ0n) is 20.5. The number of hydrogen-bond acceptors (Lipinski definition) is 5. The van der Waals surface area contributed by atoms with Gasteiger partial charge in [-0.25, -0.2) is 8.78 Å². The smallest absolute Gasteiger partial charge is 0.308 e. The molecular weight excluding hydrogens is 462 g/mol. The van der Waals surface area contributed by atoms with E-state index >= 15 is 0 Å². The Bertz CT molecular complexity index is 1140. The highest BCUT2D eigenvalue weighted by Crippen LogP contribution is 2.31. The molecule has 0 atom stereocenters. The van der Waals surface area contributed by atoms with Crippen LogP contribution in [-0.2, 0) is 4.79 Å². The average Bonchev–Trinajstić information content (AvgIpc) is 2.88. The molecule has 0 saturated carbocycles. The highest BCUT2D eigenvalue weighted by molar-refractivity contribution is 5.71. The molecule has 0 aliphatic carbocycles. The zero-order chi connectivity index (χ0) is 25.5. The third kappa shape index (κ3) is 6.56. The topological polar surface area (TPSA) is 42.0 Å². The van der Waals surface area contributed by atoms with Crippen molar-refractivity contribution in [2.75, 3.05) is 39.8 Å². The number of methoxy groups -OCH3 is 1. The summed E-state index contributed by atoms with van der Waals surface area (Å²) in [6.45, 7) is 5.56. The molecular formula is C29H30F2N2O3. The monoisotopic (exact) mass is 492 g/mol. The third-order valence-electron chi connectivity index (χ3n) is 6.26. The fourth-order valence-corrected chi connectivity index (χ4v) is 4.47. The fraction of sp³-hybridized carbons (Fsp3) is 0.276. The predicted molar refractivity (Wildman–Crippen MR) is 136 cm³/mol. The van der Waals surface area contributed by atoms with E-state index in [0.717, 1.165) is 49.4 Å². The van der Waals surface area contributed by atoms with Crippen molar-refractivity contribution in [3.05, 3.63) is 101 Å². The Morgan fingerprint density at radius 1 is 0.889 bits per heavy atom. The van der Waals surface area contributed by atoms with Crippen molar-refractivity contribution >= 4 is 12.0 Å². The van der Waals surface area contributed by atoms with E-state index in [-0.39, 0.29) is 17.7 Å². The minimum absolute atomic E-state index is 0.0629. The highest BCUT2D eigenvalue weighted by atomic mass is 19.1. The van der Waals surface area contributed by atoms with Gasteiger partial charge in [0.2, 0.25) is 0 Å². The van der Waals surface area contributed by atoms with E-state index in [1.54, 1.807) is 37.4 Å². The second-order valence-electron chi connectivity index (χ2n) is 8.75. The summed E-state index contributed by atoms with van der Waals surface area (Å²) >= 11 is 0. The maximum atomic E-state index is 13.5. The van der Waals surface area contributed by atoms with Gasteiger partial charge in [-0.05, 0) is 53.1 Å². The van der Waals surface area contributed by atoms with Gasteiger partial charge in [-0.1, -0.05) is 42.5 Å². The number of ether oxygens (including phenoxy) is 2. The molecule has 1 fully saturated rings. The van der Waals surface area contributed by atoms with Crippen molar-refractivity contribution in [2.24, 2.45) is 0 Å². The van der Waals surface area contributed by atoms with Crippen LogP contribution in [0.4, 0.5) is 8.78 Å². The van der Waals surface area contributed by atoms with Gasteiger partial charge in [0.05, 0.1) is 13.2 Å². The van der Waals surface area contributed by atoms with Crippen LogP contribution in [0.25, 0.3) is 6.08 Å². The van der Waals surface area contributed by atoms with Crippen molar-refractivity contribution in [2.45, 2.75) is 13.0 Å². The molecule has 0 amide bonds. The second kappa shape index (κ2) is 11.9. The summed E-state index contributed by atoms with van der Waals surface area (Å²) in [5.74, 6) is -0.0285. The van der Waals surface area contributed by atoms with Gasteiger partial charge in [-0.15, -0.1) is 0 Å². The molecule has 3 aromatic rings. The number of rotatable bonds is 8. The number of hydrogen-bond donors (Lipinski definition) is 0. The molecule has 36 heavy (non-hydrogen) atoms. The van der Waals surface area contributed by atoms with Crippen molar-refractivity contribution < 1.29 is 23.0 Å². The Balaban J connectivity index is 1.39. The molecule has 0 radical (unpaired) electrons. The zero-order valence-corrected chi connectivity index (χ0v) is 20.5. The molecule has 1 saturated heterocycles. The van der Waals surface area contributed by atoms with Crippen molar-refractivity contribution in [1.29, 1.82) is 0 Å². The van der Waals surface area contributed by atoms with Crippen LogP contribution in [0, 0.1) is 11.6 Å². The van der Waals surface area contributed by atoms with Crippen LogP contribution in [0.2, 0.25) is 0 Å². The van der Waals surface area contributed by atoms with E-state index in [9.17, 15) is 13.6 Å². The first kappa shape index (κ1) is 25.5. The van der Waals surface area contributed by atoms with Crippen molar-refractivity contribution in [3.8, 4) is 11.5 Å². The summed E-state index contributed by atoms with van der Waals surface area (Å²) in [6, 6.07) is 18.5. The standard InChI is InChI=1S/C29H30F2N2O3/c1-21(34)36-27-14-5-22(20-28(27)35-2)4-3-15-32-16-18-33(19-17-32)29(23-6-10-25(30)11-7-23)24-8-12-26(31)13-9-24/h3-14,20,29H,15-19H2,1-2H3/b4-3-. The van der Waals surface area contributed by atoms with Crippen molar-refractivity contribution in [3.63, 3.8) is 0 Å². The SMILES string of the molecule is COc1cc(/C=C\CN2CCN(C(c3ccc(F)cc3)c3ccc(F)cc3)CC2)ccc1OC(C)=O. The molecule has 7 heteroatoms. The van der Waals surface area contributed by atoms with Crippen LogP contribution in [-0.4, -0.2) is 55.6 Å². The minimum atomic E-state index is -0.392. The lowest BCUT2D eigenvalue weighted by molar-refractivity contribution is -0.132. The molecule has 5 nitrogen and oxygen atoms in total. The molecule has 188 valence electrons. The number of carbonyl (C=O) groups excluding carboxylic acids is 1. The summed E-state index contributed by atoms with van der Waals surface area (Å²) in [4.78, 5) is 16.0. The molecule has 1 heterocycles. The van der Waals surface area contributed by atoms with Crippen LogP contribution in [0.15, 0.2) is 72.8 Å². The summed E-state index contributed by atoms with van der Waals surface area (Å²) in [7, 11) is 1.54. The Labute approximate surface area is 210 Å². The van der Waals surface area contributed by atoms with Gasteiger partial charge in [-0.2, -0.15) is 0 Å². The van der Waals surface area contributed by atoms with Gasteiger partial charge in [0.15, 0.2) is 11.5 Å². The Hall–Kier alpha value is -3.55. The van der Waals surface area contributed by atoms with E-state index in [1.165, 1.54) is 31.2 Å². The largest absolute Gasteiger partial charge is 0.493 e. The van der Waals surface area contributed by atoms with Gasteiger partial charge < -0.3 is 9.47 Å². The van der Waals surface area contributed by atoms with E-state index in [2.05, 4.69) is 15.9 Å². The number of nitrogens with zero attached hydrogens (tertiary/aromatic N) is 2. The van der Waals surface area contributed by atoms with Gasteiger partial charge in [0, 0.05) is 39.6 Å². The first-order valence-corrected chi connectivity index (χ1v) is 11.9. The average molecular weight is 493 g/mol. The summed E-state index contributed by atoms with van der Waals surface area (Å²) in [6.07, 6.45) is 4.12. The molecule has 1 aliphatic rings. The molecule has 0 unspecified atom stereocenters. The van der Waals surface area contributed by atoms with Crippen LogP contribution in [0.3, 0.4) is 0 Å². The number of halogens is 2. The molecule has 0 aromatic heterocycles. The summed E-state index contributed by atoms with van der Waals surface area (Å²) in [5, 5.41) is 0. The lowest BCUT2D eigenvalue weighted by Gasteiger charge is -2.39. The summed E-state index contributed by atoms with van der Waals surface area (Å²) < 4.78 is 37.6. The number of benzene rings is 3. The van der Waals surface area contributed by atoms with Gasteiger partial charge >= 0.3 is 5.97 Å². The molecule has 1 aliphatic heterocycles. The van der Waals surface area contributed by atoms with Crippen LogP contribution >= 0.6 is 0 Å². The summed E-state index contributed by atoms with van der Waals surface area (Å²) in [5.41, 5.74) is 2.93. The van der Waals surface area contributed by atoms with E-state index in [1.807, 2.05) is 18.2 Å². The van der Waals surface area contributed by atoms with Crippen LogP contribution < -0.4 is 9.47 Å². The normalized spacial score (nSPS) is 14.9. The lowest BCUT2D eigenvalue weighted by Crippen LogP contribution is -2.47. The van der Waals surface area contributed by atoms with Gasteiger partial charge in [0.1, 0.15) is 11.6 Å². The van der Waals surface area contributed by atoms with E-state index < -0.39 is 5.97 Å². The predicted octanol–water partition coefficient (Wildman–Crippen LogP) is 5.32. The Kier molecular flexibility index (Phi) is 8.46. The lowest BCUT2D eigenvalue weighted by atomic mass is 9.96. The first-order chi connectivity index (χ1) is 17.4. The quantitative estimate of drug-likeness (QED) is 0.315. The Morgan fingerprint density at radius 3 is 2.00 bits per heavy atom. The maximum absolute atomic E-state index is 13.5. The Morgan fingerprint density at radius 2 is 1.47 bits per heavy atom. The van der Waals surface area contributed by atoms with E-state index in [4.69, 9.17) is 9.47 Å². The minimum Gasteiger partial charge on any atom is -0.493 e. The molecule has 0 N–H and O–H groups in total. The van der Waals surface area contributed by atoms with Crippen LogP contribution in [0.1, 0.15) is 29.7 Å². The van der Waals surface area contributed by atoms with Gasteiger partial charge in [0.25, 0.3) is 0 Å². The first-order valence-electron chi connectivity index (χ1n) is 11.9. The van der Waals surface area contributed by atoms with Gasteiger partial charge in [-0.3, -0.25) is 14.6 Å². The van der Waals surface area contributed by atoms with E-state index in [0.29, 0.717) is 11.5 Å². The third-order valence-corrected chi connectivity index (χ3v) is 6.26. The maximum Gasteiger partial charge on any atom is 0.308 e. The van der Waals surface area contributed by atoms with Crippen molar-refractivity contribution in [1.82, 2.24) is 9.80 Å². The number of piperazine rings is 1. The number of carbonyl (C=O) groups is 1. The van der Waals surface area contributed by atoms with Crippen LogP contribution in [0.5, 0.6) is 11.5 Å². The molecule has 0 bridgehead atoms. The molecule has 0 spiro atoms. The highest BCUT2D eigenvalue weighted by Gasteiger charge is 2.26. The number of esters is 1.